The van der Waals surface area contributed by atoms with Crippen LogP contribution in [0.1, 0.15) is 43.6 Å². The summed E-state index contributed by atoms with van der Waals surface area (Å²) in [6, 6.07) is 4.78. The van der Waals surface area contributed by atoms with Crippen molar-refractivity contribution in [2.45, 2.75) is 54.5 Å². The van der Waals surface area contributed by atoms with Gasteiger partial charge in [-0.2, -0.15) is 39.1 Å². The zero-order valence-electron chi connectivity index (χ0n) is 14.1. The van der Waals surface area contributed by atoms with Crippen LogP contribution in [0.4, 0.5) is 26.3 Å². The summed E-state index contributed by atoms with van der Waals surface area (Å²) in [5, 5.41) is -4.27. The molecular weight excluding hydrogens is 438 g/mol. The fourth-order valence-corrected chi connectivity index (χ4v) is 4.14. The number of alkyl halides is 6. The third-order valence-corrected chi connectivity index (χ3v) is 6.19. The van der Waals surface area contributed by atoms with Crippen LogP contribution in [0.2, 0.25) is 0 Å². The van der Waals surface area contributed by atoms with Crippen LogP contribution in [0.3, 0.4) is 0 Å². The summed E-state index contributed by atoms with van der Waals surface area (Å²) < 4.78 is 111. The van der Waals surface area contributed by atoms with E-state index in [1.165, 1.54) is 12.1 Å². The Morgan fingerprint density at radius 3 is 2.00 bits per heavy atom. The van der Waals surface area contributed by atoms with Crippen molar-refractivity contribution in [2.75, 3.05) is 0 Å². The van der Waals surface area contributed by atoms with Gasteiger partial charge in [0.1, 0.15) is 17.8 Å². The number of hydrogen-bond acceptors (Lipinski definition) is 6. The highest BCUT2D eigenvalue weighted by Crippen LogP contribution is 2.53. The minimum atomic E-state index is -6.52. The van der Waals surface area contributed by atoms with Crippen molar-refractivity contribution >= 4 is 22.2 Å². The normalized spacial score (nSPS) is 17.5. The van der Waals surface area contributed by atoms with Gasteiger partial charge in [0.15, 0.2) is 0 Å². The molecule has 1 fully saturated rings. The molecule has 1 aromatic rings. The van der Waals surface area contributed by atoms with Crippen LogP contribution in [-0.2, 0) is 14.5 Å². The standard InChI is InChI=1S/C15H16F6O5S2/c16-13(17,14(18,19)27-26-22)15(20,21)28(23,24)25-12-8-6-11(7-9-12)10-4-2-1-3-5-10/h6-10,22H,1-5H2. The zero-order chi connectivity index (χ0) is 21.2. The SMILES string of the molecule is O=S(=O)(Oc1ccc(C2CCCCC2)cc1)C(F)(F)C(F)(F)C(F)(F)SOO. The summed E-state index contributed by atoms with van der Waals surface area (Å²) >= 11 is -1.72. The Kier molecular flexibility index (Phi) is 6.83. The van der Waals surface area contributed by atoms with E-state index in [0.29, 0.717) is 0 Å². The van der Waals surface area contributed by atoms with E-state index in [1.807, 2.05) is 0 Å². The molecule has 0 aromatic heterocycles. The van der Waals surface area contributed by atoms with Gasteiger partial charge in [0.05, 0.1) is 0 Å². The lowest BCUT2D eigenvalue weighted by Crippen LogP contribution is -2.57. The van der Waals surface area contributed by atoms with Crippen molar-refractivity contribution in [3.05, 3.63) is 29.8 Å². The zero-order valence-corrected chi connectivity index (χ0v) is 15.7. The molecule has 1 saturated carbocycles. The molecule has 1 aliphatic rings. The molecule has 0 unspecified atom stereocenters. The van der Waals surface area contributed by atoms with Gasteiger partial charge in [0.2, 0.25) is 0 Å². The summed E-state index contributed by atoms with van der Waals surface area (Å²) in [5.74, 6) is -6.99. The average molecular weight is 454 g/mol. The lowest BCUT2D eigenvalue weighted by molar-refractivity contribution is -0.248. The summed E-state index contributed by atoms with van der Waals surface area (Å²) in [6.45, 7) is 0. The Morgan fingerprint density at radius 1 is 0.964 bits per heavy atom. The van der Waals surface area contributed by atoms with E-state index < -0.39 is 44.3 Å². The molecule has 2 rings (SSSR count). The molecule has 1 N–H and O–H groups in total. The quantitative estimate of drug-likeness (QED) is 0.186. The second-order valence-corrected chi connectivity index (χ2v) is 8.62. The Labute approximate surface area is 161 Å². The van der Waals surface area contributed by atoms with Crippen LogP contribution < -0.4 is 4.18 Å². The van der Waals surface area contributed by atoms with Crippen LogP contribution in [0.25, 0.3) is 0 Å². The van der Waals surface area contributed by atoms with Crippen molar-refractivity contribution in [3.8, 4) is 5.75 Å². The first-order valence-electron chi connectivity index (χ1n) is 8.02. The minimum Gasteiger partial charge on any atom is -0.378 e. The van der Waals surface area contributed by atoms with E-state index in [9.17, 15) is 34.8 Å². The van der Waals surface area contributed by atoms with Gasteiger partial charge in [-0.25, -0.2) is 5.26 Å². The topological polar surface area (TPSA) is 72.8 Å². The second-order valence-electron chi connectivity index (χ2n) is 6.21. The fraction of sp³-hybridized carbons (Fsp3) is 0.600. The molecule has 0 heterocycles. The van der Waals surface area contributed by atoms with Crippen LogP contribution in [0.15, 0.2) is 24.3 Å². The lowest BCUT2D eigenvalue weighted by Gasteiger charge is -2.29. The third-order valence-electron chi connectivity index (χ3n) is 4.35. The van der Waals surface area contributed by atoms with Crippen LogP contribution >= 0.6 is 12.0 Å². The molecule has 5 nitrogen and oxygen atoms in total. The highest BCUT2D eigenvalue weighted by Gasteiger charge is 2.79. The number of benzene rings is 1. The van der Waals surface area contributed by atoms with Crippen molar-refractivity contribution in [1.82, 2.24) is 0 Å². The molecule has 0 spiro atoms. The second kappa shape index (κ2) is 8.28. The van der Waals surface area contributed by atoms with Gasteiger partial charge in [-0.15, -0.1) is 0 Å². The van der Waals surface area contributed by atoms with Gasteiger partial charge in [0, 0.05) is 0 Å². The van der Waals surface area contributed by atoms with Gasteiger partial charge < -0.3 is 4.18 Å². The molecule has 0 radical (unpaired) electrons. The number of rotatable bonds is 8. The van der Waals surface area contributed by atoms with E-state index >= 15 is 0 Å². The van der Waals surface area contributed by atoms with Gasteiger partial charge >= 0.3 is 26.5 Å². The van der Waals surface area contributed by atoms with E-state index in [-0.39, 0.29) is 5.92 Å². The van der Waals surface area contributed by atoms with Gasteiger partial charge in [-0.1, -0.05) is 31.4 Å². The fourth-order valence-electron chi connectivity index (χ4n) is 2.84. The first-order chi connectivity index (χ1) is 12.9. The minimum absolute atomic E-state index is 0.194. The van der Waals surface area contributed by atoms with Gasteiger partial charge in [-0.3, -0.25) is 0 Å². The highest BCUT2D eigenvalue weighted by molar-refractivity contribution is 7.95. The Bertz CT molecular complexity index is 764. The average Bonchev–Trinajstić information content (AvgIpc) is 2.62. The molecule has 13 heteroatoms. The molecule has 1 aromatic carbocycles. The lowest BCUT2D eigenvalue weighted by atomic mass is 9.84. The van der Waals surface area contributed by atoms with Gasteiger partial charge in [-0.05, 0) is 36.5 Å². The maximum absolute atomic E-state index is 13.8. The monoisotopic (exact) mass is 454 g/mol. The molecule has 160 valence electrons. The Morgan fingerprint density at radius 2 is 1.50 bits per heavy atom. The highest BCUT2D eigenvalue weighted by atomic mass is 32.2. The molecule has 1 aliphatic carbocycles. The summed E-state index contributed by atoms with van der Waals surface area (Å²) in [6.07, 6.45) is 4.87. The molecule has 0 amide bonds. The predicted octanol–water partition coefficient (Wildman–Crippen LogP) is 5.40. The molecular formula is C15H16F6O5S2. The van der Waals surface area contributed by atoms with E-state index in [4.69, 9.17) is 5.26 Å². The van der Waals surface area contributed by atoms with Crippen LogP contribution in [0, 0.1) is 0 Å². The van der Waals surface area contributed by atoms with Crippen molar-refractivity contribution < 1.29 is 48.5 Å². The molecule has 0 atom stereocenters. The van der Waals surface area contributed by atoms with Crippen molar-refractivity contribution in [3.63, 3.8) is 0 Å². The number of halogens is 6. The largest absolute Gasteiger partial charge is 0.450 e. The van der Waals surface area contributed by atoms with Crippen molar-refractivity contribution in [1.29, 1.82) is 0 Å². The Hall–Kier alpha value is -1.18. The van der Waals surface area contributed by atoms with E-state index in [1.54, 1.807) is 0 Å². The molecule has 0 bridgehead atoms. The molecule has 0 saturated heterocycles. The molecule has 28 heavy (non-hydrogen) atoms. The summed E-state index contributed by atoms with van der Waals surface area (Å²) in [5.41, 5.74) is 0.796. The first-order valence-corrected chi connectivity index (χ1v) is 10.2. The van der Waals surface area contributed by atoms with Crippen LogP contribution in [-0.4, -0.2) is 30.1 Å². The van der Waals surface area contributed by atoms with E-state index in [0.717, 1.165) is 49.8 Å². The third kappa shape index (κ3) is 4.36. The maximum Gasteiger partial charge on any atom is 0.450 e. The summed E-state index contributed by atoms with van der Waals surface area (Å²) in [7, 11) is -6.52. The van der Waals surface area contributed by atoms with Crippen LogP contribution in [0.5, 0.6) is 5.75 Å². The van der Waals surface area contributed by atoms with E-state index in [2.05, 4.69) is 8.52 Å². The van der Waals surface area contributed by atoms with Gasteiger partial charge in [0.25, 0.3) is 0 Å². The smallest absolute Gasteiger partial charge is 0.378 e. The first kappa shape index (κ1) is 23.1. The van der Waals surface area contributed by atoms with Crippen molar-refractivity contribution in [2.24, 2.45) is 0 Å². The molecule has 0 aliphatic heterocycles. The summed E-state index contributed by atoms with van der Waals surface area (Å²) in [4.78, 5) is 0. The Balaban J connectivity index is 2.21. The number of hydrogen-bond donors (Lipinski definition) is 1. The predicted molar refractivity (Wildman–Crippen MR) is 88.0 cm³/mol. The maximum atomic E-state index is 13.8.